The van der Waals surface area contributed by atoms with E-state index in [0.29, 0.717) is 17.5 Å². The van der Waals surface area contributed by atoms with Gasteiger partial charge in [-0.05, 0) is 51.3 Å². The lowest BCUT2D eigenvalue weighted by Gasteiger charge is -2.38. The molecular weight excluding hydrogens is 418 g/mol. The number of ether oxygens (including phenoxy) is 1. The molecule has 1 aliphatic heterocycles. The minimum absolute atomic E-state index is 0.128. The highest BCUT2D eigenvalue weighted by atomic mass is 35.5. The quantitative estimate of drug-likeness (QED) is 0.508. The van der Waals surface area contributed by atoms with Crippen molar-refractivity contribution in [3.05, 3.63) is 47.0 Å². The zero-order valence-corrected chi connectivity index (χ0v) is 20.2. The lowest BCUT2D eigenvalue weighted by atomic mass is 10.0. The molecule has 1 aromatic rings. The summed E-state index contributed by atoms with van der Waals surface area (Å²) >= 11 is 10.4. The van der Waals surface area contributed by atoms with Gasteiger partial charge in [0.2, 0.25) is 0 Å². The molecule has 1 unspecified atom stereocenters. The van der Waals surface area contributed by atoms with Gasteiger partial charge in [0.1, 0.15) is 6.61 Å². The highest BCUT2D eigenvalue weighted by Gasteiger charge is 2.29. The third kappa shape index (κ3) is 8.88. The van der Waals surface area contributed by atoms with Gasteiger partial charge in [-0.2, -0.15) is 0 Å². The summed E-state index contributed by atoms with van der Waals surface area (Å²) in [6, 6.07) is 8.14. The molecule has 1 atom stereocenters. The number of nitrogens with zero attached hydrogens (tertiary/aromatic N) is 3. The van der Waals surface area contributed by atoms with Crippen LogP contribution >= 0.6 is 24.4 Å². The van der Waals surface area contributed by atoms with Crippen LogP contribution in [0.2, 0.25) is 0 Å². The van der Waals surface area contributed by atoms with Gasteiger partial charge < -0.3 is 9.64 Å². The van der Waals surface area contributed by atoms with Gasteiger partial charge in [0, 0.05) is 30.7 Å². The number of benzene rings is 1. The number of halogens is 1. The van der Waals surface area contributed by atoms with E-state index < -0.39 is 0 Å². The van der Waals surface area contributed by atoms with Crippen molar-refractivity contribution in [2.24, 2.45) is 5.92 Å². The van der Waals surface area contributed by atoms with Gasteiger partial charge >= 0.3 is 6.09 Å². The van der Waals surface area contributed by atoms with Crippen LogP contribution < -0.4 is 0 Å². The Kier molecular flexibility index (Phi) is 10.5. The monoisotopic (exact) mass is 453 g/mol. The summed E-state index contributed by atoms with van der Waals surface area (Å²) in [5, 5.41) is 0.453. The number of hydrogen-bond acceptors (Lipinski definition) is 5. The maximum atomic E-state index is 12.8. The van der Waals surface area contributed by atoms with Crippen molar-refractivity contribution in [2.45, 2.75) is 45.8 Å². The van der Waals surface area contributed by atoms with E-state index >= 15 is 0 Å². The minimum atomic E-state index is -0.318. The molecule has 1 heterocycles. The fourth-order valence-electron chi connectivity index (χ4n) is 3.84. The molecule has 1 amide bonds. The second kappa shape index (κ2) is 12.6. The van der Waals surface area contributed by atoms with Crippen LogP contribution in [0.25, 0.3) is 0 Å². The number of piperidine rings is 1. The number of likely N-dealkylation sites (tertiary alicyclic amines) is 1. The van der Waals surface area contributed by atoms with Gasteiger partial charge in [0.25, 0.3) is 0 Å². The minimum Gasteiger partial charge on any atom is -0.445 e. The van der Waals surface area contributed by atoms with Crippen LogP contribution in [0.4, 0.5) is 4.79 Å². The molecule has 1 aromatic carbocycles. The normalized spacial score (nSPS) is 16.5. The molecule has 0 radical (unpaired) electrons. The highest BCUT2D eigenvalue weighted by molar-refractivity contribution is 7.77. The van der Waals surface area contributed by atoms with Crippen LogP contribution in [0.5, 0.6) is 0 Å². The number of carbonyl (C=O) groups is 1. The van der Waals surface area contributed by atoms with E-state index in [1.807, 2.05) is 42.5 Å². The number of hydrogen-bond donors (Lipinski definition) is 1. The lowest BCUT2D eigenvalue weighted by Crippen LogP contribution is -2.48. The fourth-order valence-corrected chi connectivity index (χ4v) is 4.25. The molecule has 0 aliphatic carbocycles. The van der Waals surface area contributed by atoms with E-state index in [1.54, 1.807) is 4.90 Å². The summed E-state index contributed by atoms with van der Waals surface area (Å²) < 4.78 is 7.53. The summed E-state index contributed by atoms with van der Waals surface area (Å²) in [5.41, 5.74) is 2.17. The zero-order chi connectivity index (χ0) is 22.1. The van der Waals surface area contributed by atoms with Crippen molar-refractivity contribution < 1.29 is 9.53 Å². The Bertz CT molecular complexity index is 676. The second-order valence-electron chi connectivity index (χ2n) is 8.49. The zero-order valence-electron chi connectivity index (χ0n) is 18.5. The Morgan fingerprint density at radius 3 is 2.53 bits per heavy atom. The average Bonchev–Trinajstić information content (AvgIpc) is 2.69. The molecule has 7 heteroatoms. The van der Waals surface area contributed by atoms with Crippen molar-refractivity contribution in [3.8, 4) is 0 Å². The Hall–Kier alpha value is -1.21. The molecule has 0 bridgehead atoms. The van der Waals surface area contributed by atoms with E-state index in [-0.39, 0.29) is 18.7 Å². The fraction of sp³-hybridized carbons (Fsp3) is 0.609. The van der Waals surface area contributed by atoms with Gasteiger partial charge in [-0.25, -0.2) is 4.79 Å². The van der Waals surface area contributed by atoms with Crippen molar-refractivity contribution in [3.63, 3.8) is 0 Å². The SMILES string of the molecule is C=C(Cl)CN(C(=O)OCc1ccc(C)cc1)C1CCN(CCC(C)CN(C)S)CC1. The standard InChI is InChI=1S/C23H36ClN3O2S/c1-18-5-7-21(8-6-18)17-29-23(28)27(16-20(3)24)22-10-13-26(14-11-22)12-9-19(2)15-25(4)30/h5-8,19,22,30H,3,9-17H2,1-2,4H3. The van der Waals surface area contributed by atoms with E-state index in [4.69, 9.17) is 16.3 Å². The Labute approximate surface area is 192 Å². The lowest BCUT2D eigenvalue weighted by molar-refractivity contribution is 0.0647. The van der Waals surface area contributed by atoms with Crippen LogP contribution in [0.1, 0.15) is 37.3 Å². The summed E-state index contributed by atoms with van der Waals surface area (Å²) in [4.78, 5) is 17.0. The maximum absolute atomic E-state index is 12.8. The Balaban J connectivity index is 1.84. The van der Waals surface area contributed by atoms with Crippen LogP contribution in [0, 0.1) is 12.8 Å². The van der Waals surface area contributed by atoms with Crippen LogP contribution in [0.3, 0.4) is 0 Å². The van der Waals surface area contributed by atoms with Crippen molar-refractivity contribution >= 4 is 30.5 Å². The number of rotatable bonds is 10. The summed E-state index contributed by atoms with van der Waals surface area (Å²) in [5.74, 6) is 0.609. The Morgan fingerprint density at radius 2 is 1.97 bits per heavy atom. The van der Waals surface area contributed by atoms with Gasteiger partial charge in [-0.3, -0.25) is 9.21 Å². The summed E-state index contributed by atoms with van der Waals surface area (Å²) in [6.45, 7) is 12.7. The molecule has 5 nitrogen and oxygen atoms in total. The molecule has 0 N–H and O–H groups in total. The maximum Gasteiger partial charge on any atom is 0.410 e. The highest BCUT2D eigenvalue weighted by Crippen LogP contribution is 2.21. The predicted molar refractivity (Wildman–Crippen MR) is 128 cm³/mol. The largest absolute Gasteiger partial charge is 0.445 e. The molecular formula is C23H36ClN3O2S. The first-order valence-electron chi connectivity index (χ1n) is 10.7. The number of aryl methyl sites for hydroxylation is 1. The van der Waals surface area contributed by atoms with Gasteiger partial charge in [0.05, 0.1) is 6.54 Å². The molecule has 0 saturated carbocycles. The first kappa shape index (κ1) is 25.1. The van der Waals surface area contributed by atoms with Crippen LogP contribution in [0.15, 0.2) is 35.9 Å². The first-order valence-corrected chi connectivity index (χ1v) is 11.5. The van der Waals surface area contributed by atoms with Crippen LogP contribution in [-0.4, -0.2) is 66.0 Å². The molecule has 1 fully saturated rings. The molecule has 30 heavy (non-hydrogen) atoms. The van der Waals surface area contributed by atoms with E-state index in [1.165, 1.54) is 5.56 Å². The first-order chi connectivity index (χ1) is 14.2. The topological polar surface area (TPSA) is 36.0 Å². The van der Waals surface area contributed by atoms with Gasteiger partial charge in [-0.15, -0.1) is 0 Å². The Morgan fingerprint density at radius 1 is 1.33 bits per heavy atom. The molecule has 1 aliphatic rings. The number of thiol groups is 1. The number of carbonyl (C=O) groups excluding carboxylic acids is 1. The third-order valence-corrected chi connectivity index (χ3v) is 5.85. The molecule has 1 saturated heterocycles. The van der Waals surface area contributed by atoms with Crippen molar-refractivity contribution in [2.75, 3.05) is 39.8 Å². The van der Waals surface area contributed by atoms with Crippen LogP contribution in [-0.2, 0) is 11.3 Å². The van der Waals surface area contributed by atoms with E-state index in [9.17, 15) is 4.79 Å². The predicted octanol–water partition coefficient (Wildman–Crippen LogP) is 4.95. The van der Waals surface area contributed by atoms with Crippen molar-refractivity contribution in [1.29, 1.82) is 0 Å². The van der Waals surface area contributed by atoms with Crippen molar-refractivity contribution in [1.82, 2.24) is 14.1 Å². The van der Waals surface area contributed by atoms with Gasteiger partial charge in [0.15, 0.2) is 0 Å². The summed E-state index contributed by atoms with van der Waals surface area (Å²) in [6.07, 6.45) is 2.67. The van der Waals surface area contributed by atoms with E-state index in [2.05, 4.69) is 31.2 Å². The smallest absolute Gasteiger partial charge is 0.410 e. The molecule has 168 valence electrons. The average molecular weight is 454 g/mol. The van der Waals surface area contributed by atoms with E-state index in [0.717, 1.165) is 51.0 Å². The second-order valence-corrected chi connectivity index (χ2v) is 9.71. The number of amides is 1. The third-order valence-electron chi connectivity index (χ3n) is 5.57. The molecule has 0 aromatic heterocycles. The summed E-state index contributed by atoms with van der Waals surface area (Å²) in [7, 11) is 1.99. The molecule has 0 spiro atoms. The molecule has 2 rings (SSSR count). The van der Waals surface area contributed by atoms with Gasteiger partial charge in [-0.1, -0.05) is 67.7 Å².